The molecule has 156 valence electrons. The number of halogens is 3. The third kappa shape index (κ3) is 5.05. The summed E-state index contributed by atoms with van der Waals surface area (Å²) in [4.78, 5) is 12.8. The molecule has 1 heterocycles. The molecule has 0 aromatic heterocycles. The molecular weight excluding hydrogens is 459 g/mol. The fourth-order valence-corrected chi connectivity index (χ4v) is 4.86. The van der Waals surface area contributed by atoms with Crippen LogP contribution >= 0.6 is 34.8 Å². The predicted molar refractivity (Wildman–Crippen MR) is 113 cm³/mol. The molecule has 0 aliphatic carbocycles. The minimum Gasteiger partial charge on any atom is -0.379 e. The van der Waals surface area contributed by atoms with Crippen molar-refractivity contribution in [3.05, 3.63) is 62.6 Å². The van der Waals surface area contributed by atoms with E-state index in [0.29, 0.717) is 23.3 Å². The van der Waals surface area contributed by atoms with Gasteiger partial charge in [-0.15, -0.1) is 0 Å². The highest BCUT2D eigenvalue weighted by atomic mass is 35.5. The Balaban J connectivity index is 1.83. The maximum Gasteiger partial charge on any atom is 0.253 e. The number of amides is 1. The lowest BCUT2D eigenvalue weighted by atomic mass is 10.1. The average Bonchev–Trinajstić information content (AvgIpc) is 2.70. The summed E-state index contributed by atoms with van der Waals surface area (Å²) in [6.07, 6.45) is 0. The van der Waals surface area contributed by atoms with Crippen LogP contribution in [0.4, 0.5) is 0 Å². The second-order valence-corrected chi connectivity index (χ2v) is 9.69. The van der Waals surface area contributed by atoms with Crippen LogP contribution in [0, 0.1) is 0 Å². The van der Waals surface area contributed by atoms with Gasteiger partial charge < -0.3 is 10.1 Å². The van der Waals surface area contributed by atoms with E-state index >= 15 is 0 Å². The molecule has 1 unspecified atom stereocenters. The van der Waals surface area contributed by atoms with Gasteiger partial charge in [0.15, 0.2) is 0 Å². The summed E-state index contributed by atoms with van der Waals surface area (Å²) in [5.74, 6) is -0.493. The minimum absolute atomic E-state index is 0.0103. The van der Waals surface area contributed by atoms with Crippen molar-refractivity contribution >= 4 is 50.7 Å². The zero-order valence-electron chi connectivity index (χ0n) is 15.5. The van der Waals surface area contributed by atoms with E-state index < -0.39 is 22.0 Å². The molecular formula is C19H19Cl3N2O4S. The van der Waals surface area contributed by atoms with Crippen molar-refractivity contribution in [2.45, 2.75) is 17.9 Å². The Bertz CT molecular complexity index is 1020. The van der Waals surface area contributed by atoms with E-state index in [1.165, 1.54) is 22.5 Å². The molecule has 1 N–H and O–H groups in total. The van der Waals surface area contributed by atoms with Crippen LogP contribution < -0.4 is 5.32 Å². The second-order valence-electron chi connectivity index (χ2n) is 6.53. The van der Waals surface area contributed by atoms with Crippen LogP contribution in [0.5, 0.6) is 0 Å². The number of benzene rings is 2. The molecule has 3 rings (SSSR count). The molecule has 6 nitrogen and oxygen atoms in total. The zero-order chi connectivity index (χ0) is 21.2. The molecule has 1 amide bonds. The van der Waals surface area contributed by atoms with Crippen molar-refractivity contribution in [3.63, 3.8) is 0 Å². The van der Waals surface area contributed by atoms with E-state index in [-0.39, 0.29) is 28.6 Å². The van der Waals surface area contributed by atoms with Crippen molar-refractivity contribution in [1.82, 2.24) is 9.62 Å². The van der Waals surface area contributed by atoms with E-state index in [1.54, 1.807) is 25.1 Å². The molecule has 0 spiro atoms. The zero-order valence-corrected chi connectivity index (χ0v) is 18.6. The van der Waals surface area contributed by atoms with E-state index in [9.17, 15) is 13.2 Å². The fraction of sp³-hybridized carbons (Fsp3) is 0.316. The summed E-state index contributed by atoms with van der Waals surface area (Å²) in [6.45, 7) is 2.98. The maximum atomic E-state index is 12.9. The van der Waals surface area contributed by atoms with E-state index in [1.807, 2.05) is 0 Å². The molecule has 10 heteroatoms. The number of nitrogens with zero attached hydrogens (tertiary/aromatic N) is 1. The van der Waals surface area contributed by atoms with E-state index in [4.69, 9.17) is 39.5 Å². The summed E-state index contributed by atoms with van der Waals surface area (Å²) in [7, 11) is -3.74. The molecule has 29 heavy (non-hydrogen) atoms. The Morgan fingerprint density at radius 1 is 1.03 bits per heavy atom. The number of carbonyl (C=O) groups is 1. The molecule has 0 saturated carbocycles. The Morgan fingerprint density at radius 3 is 2.34 bits per heavy atom. The van der Waals surface area contributed by atoms with Gasteiger partial charge in [-0.3, -0.25) is 4.79 Å². The number of ether oxygens (including phenoxy) is 1. The molecule has 1 fully saturated rings. The van der Waals surface area contributed by atoms with Crippen LogP contribution in [0.15, 0.2) is 41.3 Å². The average molecular weight is 478 g/mol. The SMILES string of the molecule is CC(NC(=O)c1cc(S(=O)(=O)N2CCOCC2)ccc1Cl)c1ccc(Cl)c(Cl)c1. The van der Waals surface area contributed by atoms with Crippen LogP contribution in [0.3, 0.4) is 0 Å². The van der Waals surface area contributed by atoms with Crippen LogP contribution in [0.1, 0.15) is 28.9 Å². The first kappa shape index (κ1) is 22.3. The lowest BCUT2D eigenvalue weighted by molar-refractivity contribution is 0.0730. The van der Waals surface area contributed by atoms with E-state index in [2.05, 4.69) is 5.32 Å². The summed E-state index contributed by atoms with van der Waals surface area (Å²) in [6, 6.07) is 8.76. The molecule has 1 aliphatic rings. The number of hydrogen-bond acceptors (Lipinski definition) is 4. The Labute approximate surface area is 184 Å². The van der Waals surface area contributed by atoms with Gasteiger partial charge in [-0.2, -0.15) is 4.31 Å². The molecule has 2 aromatic rings. The standard InChI is InChI=1S/C19H19Cl3N2O4S/c1-12(13-2-4-17(21)18(22)10-13)23-19(25)15-11-14(3-5-16(15)20)29(26,27)24-6-8-28-9-7-24/h2-5,10-12H,6-9H2,1H3,(H,23,25). The Hall–Kier alpha value is -1.35. The van der Waals surface area contributed by atoms with Crippen molar-refractivity contribution in [1.29, 1.82) is 0 Å². The quantitative estimate of drug-likeness (QED) is 0.702. The lowest BCUT2D eigenvalue weighted by Crippen LogP contribution is -2.40. The summed E-state index contributed by atoms with van der Waals surface area (Å²) in [5, 5.41) is 3.75. The number of rotatable bonds is 5. The van der Waals surface area contributed by atoms with Gasteiger partial charge in [0.2, 0.25) is 10.0 Å². The van der Waals surface area contributed by atoms with Gasteiger partial charge in [-0.05, 0) is 42.8 Å². The van der Waals surface area contributed by atoms with E-state index in [0.717, 1.165) is 5.56 Å². The topological polar surface area (TPSA) is 75.7 Å². The van der Waals surface area contributed by atoms with Gasteiger partial charge in [-0.1, -0.05) is 40.9 Å². The maximum absolute atomic E-state index is 12.9. The highest BCUT2D eigenvalue weighted by Crippen LogP contribution is 2.27. The molecule has 1 saturated heterocycles. The van der Waals surface area contributed by atoms with Gasteiger partial charge in [0.05, 0.1) is 44.8 Å². The Morgan fingerprint density at radius 2 is 1.69 bits per heavy atom. The Kier molecular flexibility index (Phi) is 7.09. The van der Waals surface area contributed by atoms with Gasteiger partial charge >= 0.3 is 0 Å². The molecule has 0 bridgehead atoms. The van der Waals surface area contributed by atoms with Crippen LogP contribution in [-0.2, 0) is 14.8 Å². The number of sulfonamides is 1. The first-order chi connectivity index (χ1) is 13.7. The monoisotopic (exact) mass is 476 g/mol. The van der Waals surface area contributed by atoms with Crippen LogP contribution in [0.25, 0.3) is 0 Å². The normalized spacial score (nSPS) is 16.4. The highest BCUT2D eigenvalue weighted by Gasteiger charge is 2.28. The second kappa shape index (κ2) is 9.20. The fourth-order valence-electron chi connectivity index (χ4n) is 2.91. The van der Waals surface area contributed by atoms with Crippen LogP contribution in [-0.4, -0.2) is 44.9 Å². The highest BCUT2D eigenvalue weighted by molar-refractivity contribution is 7.89. The van der Waals surface area contributed by atoms with Gasteiger partial charge in [0.25, 0.3) is 5.91 Å². The molecule has 0 radical (unpaired) electrons. The van der Waals surface area contributed by atoms with Gasteiger partial charge in [0, 0.05) is 13.1 Å². The van der Waals surface area contributed by atoms with Crippen molar-refractivity contribution < 1.29 is 17.9 Å². The number of hydrogen-bond donors (Lipinski definition) is 1. The third-order valence-electron chi connectivity index (χ3n) is 4.58. The van der Waals surface area contributed by atoms with Crippen molar-refractivity contribution in [2.24, 2.45) is 0 Å². The van der Waals surface area contributed by atoms with Crippen molar-refractivity contribution in [3.8, 4) is 0 Å². The number of morpholine rings is 1. The van der Waals surface area contributed by atoms with Crippen molar-refractivity contribution in [2.75, 3.05) is 26.3 Å². The summed E-state index contributed by atoms with van der Waals surface area (Å²) in [5.41, 5.74) is 0.828. The minimum atomic E-state index is -3.74. The first-order valence-electron chi connectivity index (χ1n) is 8.83. The van der Waals surface area contributed by atoms with Gasteiger partial charge in [0.1, 0.15) is 0 Å². The third-order valence-corrected chi connectivity index (χ3v) is 7.54. The number of nitrogens with one attached hydrogen (secondary N) is 1. The summed E-state index contributed by atoms with van der Waals surface area (Å²) >= 11 is 18.1. The lowest BCUT2D eigenvalue weighted by Gasteiger charge is -2.26. The largest absolute Gasteiger partial charge is 0.379 e. The molecule has 1 atom stereocenters. The molecule has 1 aliphatic heterocycles. The van der Waals surface area contributed by atoms with Crippen LogP contribution in [0.2, 0.25) is 15.1 Å². The summed E-state index contributed by atoms with van der Waals surface area (Å²) < 4.78 is 32.2. The predicted octanol–water partition coefficient (Wildman–Crippen LogP) is 4.16. The van der Waals surface area contributed by atoms with Gasteiger partial charge in [-0.25, -0.2) is 8.42 Å². The first-order valence-corrected chi connectivity index (χ1v) is 11.4. The smallest absolute Gasteiger partial charge is 0.253 e. The molecule has 2 aromatic carbocycles. The number of carbonyl (C=O) groups excluding carboxylic acids is 1.